The summed E-state index contributed by atoms with van der Waals surface area (Å²) >= 11 is 7.22. The third-order valence-electron chi connectivity index (χ3n) is 5.41. The molecule has 3 rings (SSSR count). The summed E-state index contributed by atoms with van der Waals surface area (Å²) in [6.45, 7) is 8.18. The Balaban J connectivity index is 1.73. The maximum Gasteiger partial charge on any atom is 0.270 e. The van der Waals surface area contributed by atoms with Crippen molar-refractivity contribution in [2.24, 2.45) is 5.92 Å². The molecule has 36 heavy (non-hydrogen) atoms. The number of nitro groups is 1. The number of aryl methyl sites for hydroxylation is 1. The minimum atomic E-state index is -0.543. The van der Waals surface area contributed by atoms with Crippen molar-refractivity contribution in [1.29, 1.82) is 0 Å². The second-order valence-corrected chi connectivity index (χ2v) is 9.76. The van der Waals surface area contributed by atoms with Gasteiger partial charge in [0.25, 0.3) is 11.6 Å². The average Bonchev–Trinajstić information content (AvgIpc) is 3.25. The monoisotopic (exact) mass is 530 g/mol. The average molecular weight is 531 g/mol. The first-order chi connectivity index (χ1) is 17.1. The number of nitrogens with zero attached hydrogens (tertiary/aromatic N) is 4. The van der Waals surface area contributed by atoms with Gasteiger partial charge in [-0.2, -0.15) is 0 Å². The number of hydrogen-bond acceptors (Lipinski definition) is 7. The molecule has 0 bridgehead atoms. The van der Waals surface area contributed by atoms with Crippen LogP contribution in [0.3, 0.4) is 0 Å². The highest BCUT2D eigenvalue weighted by Gasteiger charge is 2.26. The first kappa shape index (κ1) is 27.2. The Morgan fingerprint density at radius 1 is 1.19 bits per heavy atom. The van der Waals surface area contributed by atoms with Crippen LogP contribution >= 0.6 is 23.4 Å². The van der Waals surface area contributed by atoms with Gasteiger partial charge in [-0.25, -0.2) is 0 Å². The number of thioether (sulfide) groups is 1. The van der Waals surface area contributed by atoms with E-state index in [1.165, 1.54) is 36.0 Å². The molecule has 12 heteroatoms. The summed E-state index contributed by atoms with van der Waals surface area (Å²) in [4.78, 5) is 35.9. The van der Waals surface area contributed by atoms with Gasteiger partial charge < -0.3 is 15.2 Å². The second-order valence-electron chi connectivity index (χ2n) is 8.38. The van der Waals surface area contributed by atoms with Crippen molar-refractivity contribution in [2.75, 3.05) is 11.1 Å². The molecule has 190 valence electrons. The third kappa shape index (κ3) is 6.61. The van der Waals surface area contributed by atoms with Crippen LogP contribution in [0.25, 0.3) is 0 Å². The van der Waals surface area contributed by atoms with Crippen molar-refractivity contribution in [3.63, 3.8) is 0 Å². The van der Waals surface area contributed by atoms with Crippen LogP contribution < -0.4 is 10.6 Å². The van der Waals surface area contributed by atoms with Crippen molar-refractivity contribution in [2.45, 2.75) is 45.4 Å². The lowest BCUT2D eigenvalue weighted by Crippen LogP contribution is -2.33. The Morgan fingerprint density at radius 3 is 2.58 bits per heavy atom. The number of non-ortho nitro benzene ring substituents is 1. The van der Waals surface area contributed by atoms with Gasteiger partial charge in [0, 0.05) is 35.0 Å². The molecule has 0 fully saturated rings. The van der Waals surface area contributed by atoms with E-state index in [1.54, 1.807) is 18.2 Å². The van der Waals surface area contributed by atoms with E-state index in [9.17, 15) is 19.7 Å². The Kier molecular flexibility index (Phi) is 9.05. The summed E-state index contributed by atoms with van der Waals surface area (Å²) in [5, 5.41) is 26.6. The molecular formula is C24H27ClN6O4S. The number of benzene rings is 2. The summed E-state index contributed by atoms with van der Waals surface area (Å²) in [7, 11) is 0. The molecule has 0 spiro atoms. The molecule has 0 aliphatic heterocycles. The molecule has 2 aromatic carbocycles. The summed E-state index contributed by atoms with van der Waals surface area (Å²) in [6, 6.07) is 10.3. The highest BCUT2D eigenvalue weighted by atomic mass is 35.5. The van der Waals surface area contributed by atoms with Gasteiger partial charge in [0.2, 0.25) is 5.91 Å². The van der Waals surface area contributed by atoms with E-state index >= 15 is 0 Å². The zero-order valence-corrected chi connectivity index (χ0v) is 21.9. The number of aromatic nitrogens is 3. The highest BCUT2D eigenvalue weighted by molar-refractivity contribution is 7.99. The molecule has 1 atom stereocenters. The zero-order valence-electron chi connectivity index (χ0n) is 20.3. The largest absolute Gasteiger partial charge is 0.342 e. The normalized spacial score (nSPS) is 11.8. The molecule has 0 saturated carbocycles. The fourth-order valence-electron chi connectivity index (χ4n) is 3.53. The van der Waals surface area contributed by atoms with Crippen molar-refractivity contribution < 1.29 is 14.5 Å². The van der Waals surface area contributed by atoms with Crippen LogP contribution in [0.5, 0.6) is 0 Å². The van der Waals surface area contributed by atoms with Gasteiger partial charge in [-0.05, 0) is 49.6 Å². The van der Waals surface area contributed by atoms with Crippen LogP contribution in [0.1, 0.15) is 48.6 Å². The van der Waals surface area contributed by atoms with Crippen LogP contribution in [0.2, 0.25) is 5.02 Å². The van der Waals surface area contributed by atoms with E-state index in [2.05, 4.69) is 20.8 Å². The summed E-state index contributed by atoms with van der Waals surface area (Å²) < 4.78 is 1.85. The summed E-state index contributed by atoms with van der Waals surface area (Å²) in [6.07, 6.45) is 0. The van der Waals surface area contributed by atoms with Crippen molar-refractivity contribution >= 4 is 46.6 Å². The smallest absolute Gasteiger partial charge is 0.270 e. The van der Waals surface area contributed by atoms with Crippen LogP contribution in [0, 0.1) is 23.0 Å². The lowest BCUT2D eigenvalue weighted by atomic mass is 10.0. The topological polar surface area (TPSA) is 132 Å². The SMILES string of the molecule is CCn1c(SCC(=O)Nc2ccc(Cl)cc2C)nnc1[C@H](NC(=O)c1cccc([N+](=O)[O-])c1)C(C)C. The van der Waals surface area contributed by atoms with E-state index in [0.717, 1.165) is 5.56 Å². The zero-order chi connectivity index (χ0) is 26.4. The molecule has 0 unspecified atom stereocenters. The lowest BCUT2D eigenvalue weighted by molar-refractivity contribution is -0.384. The number of nitrogens with one attached hydrogen (secondary N) is 2. The van der Waals surface area contributed by atoms with Gasteiger partial charge in [-0.1, -0.05) is 43.3 Å². The maximum atomic E-state index is 12.9. The van der Waals surface area contributed by atoms with Gasteiger partial charge in [0.05, 0.1) is 16.7 Å². The number of amides is 2. The van der Waals surface area contributed by atoms with Gasteiger partial charge in [0.15, 0.2) is 11.0 Å². The van der Waals surface area contributed by atoms with E-state index in [-0.39, 0.29) is 28.8 Å². The van der Waals surface area contributed by atoms with Crippen LogP contribution in [-0.4, -0.2) is 37.3 Å². The molecule has 1 heterocycles. The fraction of sp³-hybridized carbons (Fsp3) is 0.333. The predicted octanol–water partition coefficient (Wildman–Crippen LogP) is 5.03. The molecule has 2 amide bonds. The predicted molar refractivity (Wildman–Crippen MR) is 139 cm³/mol. The van der Waals surface area contributed by atoms with Gasteiger partial charge in [0.1, 0.15) is 0 Å². The Hall–Kier alpha value is -3.44. The Morgan fingerprint density at radius 2 is 1.94 bits per heavy atom. The Labute approximate surface area is 218 Å². The van der Waals surface area contributed by atoms with Crippen molar-refractivity contribution in [3.05, 3.63) is 74.6 Å². The van der Waals surface area contributed by atoms with Gasteiger partial charge >= 0.3 is 0 Å². The second kappa shape index (κ2) is 12.0. The van der Waals surface area contributed by atoms with Crippen molar-refractivity contribution in [3.8, 4) is 0 Å². The number of carbonyl (C=O) groups excluding carboxylic acids is 2. The number of rotatable bonds is 10. The molecule has 1 aromatic heterocycles. The molecule has 0 aliphatic rings. The van der Waals surface area contributed by atoms with E-state index in [1.807, 2.05) is 32.3 Å². The fourth-order valence-corrected chi connectivity index (χ4v) is 4.57. The number of nitro benzene ring substituents is 1. The molecule has 10 nitrogen and oxygen atoms in total. The number of anilines is 1. The van der Waals surface area contributed by atoms with Gasteiger partial charge in [-0.3, -0.25) is 19.7 Å². The quantitative estimate of drug-likeness (QED) is 0.213. The van der Waals surface area contributed by atoms with Crippen LogP contribution in [0.15, 0.2) is 47.6 Å². The van der Waals surface area contributed by atoms with E-state index < -0.39 is 16.9 Å². The Bertz CT molecular complexity index is 1280. The summed E-state index contributed by atoms with van der Waals surface area (Å²) in [5.41, 5.74) is 1.57. The third-order valence-corrected chi connectivity index (χ3v) is 6.61. The van der Waals surface area contributed by atoms with E-state index in [4.69, 9.17) is 11.6 Å². The first-order valence-corrected chi connectivity index (χ1v) is 12.6. The molecule has 0 aliphatic carbocycles. The molecular weight excluding hydrogens is 504 g/mol. The molecule has 0 radical (unpaired) electrons. The van der Waals surface area contributed by atoms with E-state index in [0.29, 0.717) is 28.2 Å². The van der Waals surface area contributed by atoms with Crippen molar-refractivity contribution in [1.82, 2.24) is 20.1 Å². The van der Waals surface area contributed by atoms with Gasteiger partial charge in [-0.15, -0.1) is 10.2 Å². The molecule has 0 saturated heterocycles. The van der Waals surface area contributed by atoms with Crippen LogP contribution in [0.4, 0.5) is 11.4 Å². The van der Waals surface area contributed by atoms with Crippen LogP contribution in [-0.2, 0) is 11.3 Å². The minimum absolute atomic E-state index is 0.0452. The first-order valence-electron chi connectivity index (χ1n) is 11.3. The molecule has 3 aromatic rings. The number of hydrogen-bond donors (Lipinski definition) is 2. The highest BCUT2D eigenvalue weighted by Crippen LogP contribution is 2.26. The number of halogens is 1. The molecule has 2 N–H and O–H groups in total. The maximum absolute atomic E-state index is 12.9. The number of carbonyl (C=O) groups is 2. The minimum Gasteiger partial charge on any atom is -0.342 e. The lowest BCUT2D eigenvalue weighted by Gasteiger charge is -2.22. The standard InChI is InChI=1S/C24H27ClN6O4S/c1-5-30-22(21(14(2)3)27-23(33)16-7-6-8-18(12-16)31(34)35)28-29-24(30)36-13-20(32)26-19-10-9-17(25)11-15(19)4/h6-12,14,21H,5,13H2,1-4H3,(H,26,32)(H,27,33)/t21-/m1/s1. The summed E-state index contributed by atoms with van der Waals surface area (Å²) in [5.74, 6) is -0.0297.